The molecule has 0 aliphatic carbocycles. The summed E-state index contributed by atoms with van der Waals surface area (Å²) < 4.78 is 5.24. The predicted molar refractivity (Wildman–Crippen MR) is 64.8 cm³/mol. The third kappa shape index (κ3) is 3.74. The molecular weight excluding hydrogens is 232 g/mol. The molecule has 0 atom stereocenters. The summed E-state index contributed by atoms with van der Waals surface area (Å²) in [6, 6.07) is 3.72. The van der Waals surface area contributed by atoms with Gasteiger partial charge in [0.2, 0.25) is 0 Å². The molecule has 1 aliphatic heterocycles. The SMILES string of the molecule is CC(C)(C)OC(=O)N1CCN=C(C(C#N)C#N)C1. The van der Waals surface area contributed by atoms with Gasteiger partial charge in [-0.2, -0.15) is 10.5 Å². The standard InChI is InChI=1S/C12H16N4O2/c1-12(2,3)18-11(17)16-5-4-15-10(8-16)9(6-13)7-14/h9H,4-5,8H2,1-3H3. The Hall–Kier alpha value is -2.08. The Balaban J connectivity index is 2.69. The maximum Gasteiger partial charge on any atom is 0.410 e. The van der Waals surface area contributed by atoms with E-state index < -0.39 is 17.6 Å². The zero-order valence-electron chi connectivity index (χ0n) is 10.8. The minimum absolute atomic E-state index is 0.181. The van der Waals surface area contributed by atoms with Crippen LogP contribution >= 0.6 is 0 Å². The highest BCUT2D eigenvalue weighted by Crippen LogP contribution is 2.13. The molecule has 0 spiro atoms. The summed E-state index contributed by atoms with van der Waals surface area (Å²) in [5.74, 6) is -0.893. The fourth-order valence-corrected chi connectivity index (χ4v) is 1.48. The molecule has 0 aromatic rings. The lowest BCUT2D eigenvalue weighted by atomic mass is 10.1. The van der Waals surface area contributed by atoms with E-state index in [0.29, 0.717) is 18.8 Å². The molecule has 0 aromatic carbocycles. The van der Waals surface area contributed by atoms with Gasteiger partial charge in [-0.05, 0) is 20.8 Å². The van der Waals surface area contributed by atoms with Gasteiger partial charge >= 0.3 is 6.09 Å². The second kappa shape index (κ2) is 5.50. The smallest absolute Gasteiger partial charge is 0.410 e. The molecule has 1 rings (SSSR count). The van der Waals surface area contributed by atoms with Gasteiger partial charge < -0.3 is 9.64 Å². The second-order valence-corrected chi connectivity index (χ2v) is 4.97. The fraction of sp³-hybridized carbons (Fsp3) is 0.667. The molecule has 0 saturated heterocycles. The van der Waals surface area contributed by atoms with Crippen molar-refractivity contribution in [3.63, 3.8) is 0 Å². The predicted octanol–water partition coefficient (Wildman–Crippen LogP) is 1.34. The second-order valence-electron chi connectivity index (χ2n) is 4.97. The average Bonchev–Trinajstić information content (AvgIpc) is 2.29. The number of aliphatic imine (C=N–C) groups is 1. The van der Waals surface area contributed by atoms with Crippen molar-refractivity contribution in [2.75, 3.05) is 19.6 Å². The molecule has 96 valence electrons. The summed E-state index contributed by atoms with van der Waals surface area (Å²) >= 11 is 0. The summed E-state index contributed by atoms with van der Waals surface area (Å²) in [7, 11) is 0. The summed E-state index contributed by atoms with van der Waals surface area (Å²) in [5, 5.41) is 17.6. The highest BCUT2D eigenvalue weighted by Gasteiger charge is 2.27. The van der Waals surface area contributed by atoms with Crippen molar-refractivity contribution in [2.45, 2.75) is 26.4 Å². The van der Waals surface area contributed by atoms with Crippen molar-refractivity contribution in [3.8, 4) is 12.1 Å². The minimum Gasteiger partial charge on any atom is -0.444 e. The van der Waals surface area contributed by atoms with E-state index in [1.807, 2.05) is 12.1 Å². The van der Waals surface area contributed by atoms with Crippen LogP contribution in [0, 0.1) is 28.6 Å². The van der Waals surface area contributed by atoms with Crippen LogP contribution in [-0.2, 0) is 4.74 Å². The van der Waals surface area contributed by atoms with Gasteiger partial charge in [-0.1, -0.05) is 0 Å². The number of carbonyl (C=O) groups excluding carboxylic acids is 1. The molecule has 1 heterocycles. The van der Waals surface area contributed by atoms with Gasteiger partial charge in [0.15, 0.2) is 5.92 Å². The number of hydrogen-bond acceptors (Lipinski definition) is 5. The first kappa shape index (κ1) is 14.0. The largest absolute Gasteiger partial charge is 0.444 e. The van der Waals surface area contributed by atoms with Crippen molar-refractivity contribution in [2.24, 2.45) is 10.9 Å². The number of nitriles is 2. The Kier molecular flexibility index (Phi) is 4.28. The lowest BCUT2D eigenvalue weighted by Crippen LogP contribution is -2.44. The van der Waals surface area contributed by atoms with Crippen LogP contribution in [0.4, 0.5) is 4.79 Å². The van der Waals surface area contributed by atoms with Crippen molar-refractivity contribution in [3.05, 3.63) is 0 Å². The van der Waals surface area contributed by atoms with E-state index in [9.17, 15) is 4.79 Å². The van der Waals surface area contributed by atoms with Crippen molar-refractivity contribution in [1.29, 1.82) is 10.5 Å². The zero-order valence-corrected chi connectivity index (χ0v) is 10.8. The first-order valence-electron chi connectivity index (χ1n) is 5.68. The Morgan fingerprint density at radius 1 is 1.44 bits per heavy atom. The van der Waals surface area contributed by atoms with E-state index in [-0.39, 0.29) is 6.54 Å². The quantitative estimate of drug-likeness (QED) is 0.700. The average molecular weight is 248 g/mol. The Bertz CT molecular complexity index is 422. The van der Waals surface area contributed by atoms with Gasteiger partial charge in [0, 0.05) is 6.54 Å². The molecule has 0 bridgehead atoms. The van der Waals surface area contributed by atoms with Crippen LogP contribution in [0.3, 0.4) is 0 Å². The van der Waals surface area contributed by atoms with Gasteiger partial charge in [0.1, 0.15) is 5.60 Å². The summed E-state index contributed by atoms with van der Waals surface area (Å²) in [6.45, 7) is 6.39. The van der Waals surface area contributed by atoms with E-state index >= 15 is 0 Å². The monoisotopic (exact) mass is 248 g/mol. The molecule has 0 saturated carbocycles. The molecule has 0 radical (unpaired) electrons. The molecule has 1 amide bonds. The van der Waals surface area contributed by atoms with Crippen LogP contribution in [-0.4, -0.2) is 41.9 Å². The molecule has 6 heteroatoms. The van der Waals surface area contributed by atoms with Gasteiger partial charge in [-0.15, -0.1) is 0 Å². The Morgan fingerprint density at radius 2 is 2.06 bits per heavy atom. The molecule has 1 aliphatic rings. The van der Waals surface area contributed by atoms with Crippen LogP contribution in [0.15, 0.2) is 4.99 Å². The van der Waals surface area contributed by atoms with E-state index in [4.69, 9.17) is 15.3 Å². The van der Waals surface area contributed by atoms with Crippen LogP contribution in [0.2, 0.25) is 0 Å². The van der Waals surface area contributed by atoms with Gasteiger partial charge in [0.25, 0.3) is 0 Å². The number of ether oxygens (including phenoxy) is 1. The third-order valence-electron chi connectivity index (χ3n) is 2.28. The molecule has 0 N–H and O–H groups in total. The Morgan fingerprint density at radius 3 is 2.56 bits per heavy atom. The maximum absolute atomic E-state index is 11.8. The molecule has 18 heavy (non-hydrogen) atoms. The fourth-order valence-electron chi connectivity index (χ4n) is 1.48. The first-order valence-corrected chi connectivity index (χ1v) is 5.68. The molecule has 0 aromatic heterocycles. The molecule has 0 fully saturated rings. The zero-order chi connectivity index (χ0) is 13.8. The van der Waals surface area contributed by atoms with E-state index in [0.717, 1.165) is 0 Å². The third-order valence-corrected chi connectivity index (χ3v) is 2.28. The maximum atomic E-state index is 11.8. The number of rotatable bonds is 1. The lowest BCUT2D eigenvalue weighted by molar-refractivity contribution is 0.0277. The summed E-state index contributed by atoms with van der Waals surface area (Å²) in [6.07, 6.45) is -0.440. The van der Waals surface area contributed by atoms with Crippen molar-refractivity contribution >= 4 is 11.8 Å². The van der Waals surface area contributed by atoms with Crippen LogP contribution < -0.4 is 0 Å². The minimum atomic E-state index is -0.893. The number of hydrogen-bond donors (Lipinski definition) is 0. The van der Waals surface area contributed by atoms with Crippen molar-refractivity contribution in [1.82, 2.24) is 4.90 Å². The Labute approximate surface area is 106 Å². The van der Waals surface area contributed by atoms with Crippen LogP contribution in [0.1, 0.15) is 20.8 Å². The summed E-state index contributed by atoms with van der Waals surface area (Å²) in [4.78, 5) is 17.4. The van der Waals surface area contributed by atoms with Crippen LogP contribution in [0.5, 0.6) is 0 Å². The lowest BCUT2D eigenvalue weighted by Gasteiger charge is -2.29. The van der Waals surface area contributed by atoms with E-state index in [1.165, 1.54) is 4.90 Å². The van der Waals surface area contributed by atoms with Crippen molar-refractivity contribution < 1.29 is 9.53 Å². The highest BCUT2D eigenvalue weighted by molar-refractivity contribution is 5.95. The van der Waals surface area contributed by atoms with E-state index in [2.05, 4.69) is 4.99 Å². The molecule has 6 nitrogen and oxygen atoms in total. The number of nitrogens with zero attached hydrogens (tertiary/aromatic N) is 4. The first-order chi connectivity index (χ1) is 8.37. The normalized spacial score (nSPS) is 15.7. The van der Waals surface area contributed by atoms with E-state index in [1.54, 1.807) is 20.8 Å². The molecule has 0 unspecified atom stereocenters. The van der Waals surface area contributed by atoms with Gasteiger partial charge in [0.05, 0.1) is 30.9 Å². The van der Waals surface area contributed by atoms with Crippen LogP contribution in [0.25, 0.3) is 0 Å². The summed E-state index contributed by atoms with van der Waals surface area (Å²) in [5.41, 5.74) is -0.132. The number of amides is 1. The number of carbonyl (C=O) groups is 1. The topological polar surface area (TPSA) is 89.5 Å². The van der Waals surface area contributed by atoms with Gasteiger partial charge in [-0.25, -0.2) is 4.79 Å². The van der Waals surface area contributed by atoms with Gasteiger partial charge in [-0.3, -0.25) is 4.99 Å². The highest BCUT2D eigenvalue weighted by atomic mass is 16.6. The molecular formula is C12H16N4O2.